The number of imidazole rings is 1. The first-order valence-corrected chi connectivity index (χ1v) is 9.35. The van der Waals surface area contributed by atoms with Gasteiger partial charge in [0, 0.05) is 33.9 Å². The second-order valence-electron chi connectivity index (χ2n) is 5.37. The van der Waals surface area contributed by atoms with Gasteiger partial charge >= 0.3 is 0 Å². The predicted molar refractivity (Wildman–Crippen MR) is 100 cm³/mol. The van der Waals surface area contributed by atoms with Crippen LogP contribution in [0.3, 0.4) is 0 Å². The molecule has 0 atom stereocenters. The smallest absolute Gasteiger partial charge is 0.265 e. The molecule has 0 aliphatic heterocycles. The number of thiazole rings is 1. The van der Waals surface area contributed by atoms with Crippen molar-refractivity contribution in [2.45, 2.75) is 13.3 Å². The molecule has 0 fully saturated rings. The third-order valence-electron chi connectivity index (χ3n) is 3.77. The number of carbonyl (C=O) groups excluding carboxylic acids is 1. The van der Waals surface area contributed by atoms with Gasteiger partial charge in [0.2, 0.25) is 0 Å². The Morgan fingerprint density at radius 3 is 2.75 bits per heavy atom. The Balaban J connectivity index is 1.51. The standard InChI is InChI=1S/C18H15N3OS2/c1-2-14-7-8-16(24-14)17(22)19-13-5-3-12(4-6-13)15-11-21-9-10-23-18(21)20-15/h3-11H,2H2,1H3,(H,19,22). The zero-order valence-electron chi connectivity index (χ0n) is 13.0. The van der Waals surface area contributed by atoms with Gasteiger partial charge in [0.1, 0.15) is 0 Å². The Hall–Kier alpha value is -2.44. The fourth-order valence-electron chi connectivity index (χ4n) is 2.47. The van der Waals surface area contributed by atoms with E-state index in [1.807, 2.05) is 58.6 Å². The molecule has 24 heavy (non-hydrogen) atoms. The van der Waals surface area contributed by atoms with Crippen molar-refractivity contribution in [1.82, 2.24) is 9.38 Å². The number of amides is 1. The molecular formula is C18H15N3OS2. The summed E-state index contributed by atoms with van der Waals surface area (Å²) in [5, 5.41) is 4.96. The van der Waals surface area contributed by atoms with E-state index in [9.17, 15) is 4.79 Å². The number of fused-ring (bicyclic) bond motifs is 1. The van der Waals surface area contributed by atoms with E-state index in [0.717, 1.165) is 33.2 Å². The van der Waals surface area contributed by atoms with E-state index in [1.54, 1.807) is 11.3 Å². The summed E-state index contributed by atoms with van der Waals surface area (Å²) in [5.41, 5.74) is 2.76. The van der Waals surface area contributed by atoms with Crippen LogP contribution in [0.2, 0.25) is 0 Å². The number of thiophene rings is 1. The molecule has 4 nitrogen and oxygen atoms in total. The van der Waals surface area contributed by atoms with Crippen LogP contribution in [0.1, 0.15) is 21.5 Å². The largest absolute Gasteiger partial charge is 0.321 e. The van der Waals surface area contributed by atoms with Gasteiger partial charge in [0.05, 0.1) is 10.6 Å². The van der Waals surface area contributed by atoms with Crippen molar-refractivity contribution >= 4 is 39.2 Å². The molecular weight excluding hydrogens is 338 g/mol. The Bertz CT molecular complexity index is 966. The molecule has 3 heterocycles. The lowest BCUT2D eigenvalue weighted by atomic mass is 10.1. The number of nitrogens with one attached hydrogen (secondary N) is 1. The average molecular weight is 353 g/mol. The van der Waals surface area contributed by atoms with Crippen molar-refractivity contribution in [3.63, 3.8) is 0 Å². The molecule has 0 radical (unpaired) electrons. The summed E-state index contributed by atoms with van der Waals surface area (Å²) in [6, 6.07) is 11.7. The van der Waals surface area contributed by atoms with Crippen molar-refractivity contribution in [1.29, 1.82) is 0 Å². The molecule has 0 spiro atoms. The van der Waals surface area contributed by atoms with Gasteiger partial charge in [0.15, 0.2) is 4.96 Å². The second kappa shape index (κ2) is 6.22. The van der Waals surface area contributed by atoms with Crippen LogP contribution in [0.4, 0.5) is 5.69 Å². The number of carbonyl (C=O) groups is 1. The topological polar surface area (TPSA) is 46.4 Å². The van der Waals surface area contributed by atoms with Crippen molar-refractivity contribution in [2.75, 3.05) is 5.32 Å². The molecule has 4 aromatic rings. The van der Waals surface area contributed by atoms with Crippen LogP contribution in [0, 0.1) is 0 Å². The SMILES string of the molecule is CCc1ccc(C(=O)Nc2ccc(-c3cn4ccsc4n3)cc2)s1. The third kappa shape index (κ3) is 2.86. The number of benzene rings is 1. The van der Waals surface area contributed by atoms with Gasteiger partial charge in [-0.25, -0.2) is 4.98 Å². The molecule has 120 valence electrons. The highest BCUT2D eigenvalue weighted by Gasteiger charge is 2.10. The van der Waals surface area contributed by atoms with Crippen molar-refractivity contribution in [3.05, 3.63) is 63.9 Å². The minimum absolute atomic E-state index is 0.0602. The molecule has 1 amide bonds. The van der Waals surface area contributed by atoms with Crippen molar-refractivity contribution in [3.8, 4) is 11.3 Å². The number of aryl methyl sites for hydroxylation is 1. The van der Waals surface area contributed by atoms with Gasteiger partial charge in [-0.05, 0) is 30.7 Å². The number of anilines is 1. The quantitative estimate of drug-likeness (QED) is 0.565. The highest BCUT2D eigenvalue weighted by atomic mass is 32.1. The van der Waals surface area contributed by atoms with E-state index in [4.69, 9.17) is 0 Å². The molecule has 0 aliphatic carbocycles. The molecule has 0 saturated heterocycles. The van der Waals surface area contributed by atoms with E-state index in [2.05, 4.69) is 17.2 Å². The van der Waals surface area contributed by atoms with Crippen LogP contribution in [-0.4, -0.2) is 15.3 Å². The molecule has 0 saturated carbocycles. The highest BCUT2D eigenvalue weighted by molar-refractivity contribution is 7.15. The summed E-state index contributed by atoms with van der Waals surface area (Å²) in [7, 11) is 0. The Kier molecular flexibility index (Phi) is 3.92. The summed E-state index contributed by atoms with van der Waals surface area (Å²) in [6.45, 7) is 2.09. The van der Waals surface area contributed by atoms with E-state index in [0.29, 0.717) is 0 Å². The highest BCUT2D eigenvalue weighted by Crippen LogP contribution is 2.24. The first-order valence-electron chi connectivity index (χ1n) is 7.65. The molecule has 0 unspecified atom stereocenters. The first kappa shape index (κ1) is 15.1. The summed E-state index contributed by atoms with van der Waals surface area (Å²) in [6.07, 6.45) is 4.96. The van der Waals surface area contributed by atoms with Crippen molar-refractivity contribution < 1.29 is 4.79 Å². The van der Waals surface area contributed by atoms with Gasteiger partial charge in [-0.2, -0.15) is 0 Å². The number of nitrogens with zero attached hydrogens (tertiary/aromatic N) is 2. The van der Waals surface area contributed by atoms with Crippen LogP contribution in [0.25, 0.3) is 16.2 Å². The molecule has 6 heteroatoms. The average Bonchev–Trinajstić information content (AvgIpc) is 3.31. The Morgan fingerprint density at radius 2 is 2.04 bits per heavy atom. The van der Waals surface area contributed by atoms with Crippen LogP contribution >= 0.6 is 22.7 Å². The van der Waals surface area contributed by atoms with Crippen LogP contribution in [-0.2, 0) is 6.42 Å². The summed E-state index contributed by atoms with van der Waals surface area (Å²) in [4.78, 5) is 19.8. The maximum atomic E-state index is 12.3. The number of aromatic nitrogens is 2. The van der Waals surface area contributed by atoms with Gasteiger partial charge < -0.3 is 5.32 Å². The van der Waals surface area contributed by atoms with E-state index >= 15 is 0 Å². The maximum Gasteiger partial charge on any atom is 0.265 e. The normalized spacial score (nSPS) is 11.0. The lowest BCUT2D eigenvalue weighted by Gasteiger charge is -2.04. The second-order valence-corrected chi connectivity index (χ2v) is 7.41. The van der Waals surface area contributed by atoms with Crippen LogP contribution in [0.5, 0.6) is 0 Å². The third-order valence-corrected chi connectivity index (χ3v) is 5.76. The first-order chi connectivity index (χ1) is 11.7. The monoisotopic (exact) mass is 353 g/mol. The van der Waals surface area contributed by atoms with Gasteiger partial charge in [-0.1, -0.05) is 19.1 Å². The van der Waals surface area contributed by atoms with Crippen molar-refractivity contribution in [2.24, 2.45) is 0 Å². The lowest BCUT2D eigenvalue weighted by molar-refractivity contribution is 0.103. The summed E-state index contributed by atoms with van der Waals surface area (Å²) >= 11 is 3.15. The predicted octanol–water partition coefficient (Wildman–Crippen LogP) is 4.94. The van der Waals surface area contributed by atoms with E-state index in [-0.39, 0.29) is 5.91 Å². The minimum Gasteiger partial charge on any atom is -0.321 e. The molecule has 1 aromatic carbocycles. The van der Waals surface area contributed by atoms with Crippen LogP contribution in [0.15, 0.2) is 54.2 Å². The Morgan fingerprint density at radius 1 is 1.21 bits per heavy atom. The lowest BCUT2D eigenvalue weighted by Crippen LogP contribution is -2.09. The molecule has 4 rings (SSSR count). The number of hydrogen-bond acceptors (Lipinski definition) is 4. The van der Waals surface area contributed by atoms with Gasteiger partial charge in [-0.15, -0.1) is 22.7 Å². The molecule has 0 bridgehead atoms. The fourth-order valence-corrected chi connectivity index (χ4v) is 4.02. The van der Waals surface area contributed by atoms with E-state index < -0.39 is 0 Å². The van der Waals surface area contributed by atoms with Crippen LogP contribution < -0.4 is 5.32 Å². The summed E-state index contributed by atoms with van der Waals surface area (Å²) in [5.74, 6) is -0.0602. The fraction of sp³-hybridized carbons (Fsp3) is 0.111. The zero-order chi connectivity index (χ0) is 16.5. The van der Waals surface area contributed by atoms with Gasteiger partial charge in [0.25, 0.3) is 5.91 Å². The van der Waals surface area contributed by atoms with Gasteiger partial charge in [-0.3, -0.25) is 9.20 Å². The Labute approximate surface area is 147 Å². The number of hydrogen-bond donors (Lipinski definition) is 1. The molecule has 1 N–H and O–H groups in total. The summed E-state index contributed by atoms with van der Waals surface area (Å²) < 4.78 is 2.01. The maximum absolute atomic E-state index is 12.3. The molecule has 3 aromatic heterocycles. The molecule has 0 aliphatic rings. The zero-order valence-corrected chi connectivity index (χ0v) is 14.7. The minimum atomic E-state index is -0.0602. The number of rotatable bonds is 4. The van der Waals surface area contributed by atoms with E-state index in [1.165, 1.54) is 16.2 Å².